The van der Waals surface area contributed by atoms with Gasteiger partial charge in [0.15, 0.2) is 5.76 Å². The lowest BCUT2D eigenvalue weighted by Gasteiger charge is -2.11. The minimum Gasteiger partial charge on any atom is -0.487 e. The number of ether oxygens (including phenoxy) is 1. The summed E-state index contributed by atoms with van der Waals surface area (Å²) in [5.74, 6) is 0.567. The fourth-order valence-electron chi connectivity index (χ4n) is 2.57. The fourth-order valence-corrected chi connectivity index (χ4v) is 2.76. The minimum absolute atomic E-state index is 0.158. The SMILES string of the molecule is CNC(C)CNC(=O)c1oc2ccccc2c1COc1ccccc1Cl. The largest absolute Gasteiger partial charge is 0.487 e. The fraction of sp³-hybridized carbons (Fsp3) is 0.250. The van der Waals surface area contributed by atoms with E-state index in [4.69, 9.17) is 20.8 Å². The number of nitrogens with one attached hydrogen (secondary N) is 2. The summed E-state index contributed by atoms with van der Waals surface area (Å²) < 4.78 is 11.6. The molecule has 1 amide bonds. The highest BCUT2D eigenvalue weighted by atomic mass is 35.5. The van der Waals surface area contributed by atoms with Crippen molar-refractivity contribution in [3.8, 4) is 5.75 Å². The second-order valence-corrected chi connectivity index (χ2v) is 6.43. The Balaban J connectivity index is 1.87. The van der Waals surface area contributed by atoms with Crippen LogP contribution >= 0.6 is 11.6 Å². The lowest BCUT2D eigenvalue weighted by molar-refractivity contribution is 0.0921. The first-order valence-electron chi connectivity index (χ1n) is 8.43. The zero-order chi connectivity index (χ0) is 18.5. The molecule has 2 aromatic carbocycles. The van der Waals surface area contributed by atoms with Gasteiger partial charge >= 0.3 is 0 Å². The van der Waals surface area contributed by atoms with E-state index in [-0.39, 0.29) is 24.3 Å². The minimum atomic E-state index is -0.263. The normalized spacial score (nSPS) is 12.1. The maximum Gasteiger partial charge on any atom is 0.287 e. The van der Waals surface area contributed by atoms with E-state index < -0.39 is 0 Å². The summed E-state index contributed by atoms with van der Waals surface area (Å²) in [5.41, 5.74) is 1.35. The predicted molar refractivity (Wildman–Crippen MR) is 103 cm³/mol. The van der Waals surface area contributed by atoms with Crippen LogP contribution in [0.15, 0.2) is 52.9 Å². The monoisotopic (exact) mass is 372 g/mol. The van der Waals surface area contributed by atoms with Gasteiger partial charge < -0.3 is 19.8 Å². The second-order valence-electron chi connectivity index (χ2n) is 6.02. The molecule has 6 heteroatoms. The first-order chi connectivity index (χ1) is 12.6. The van der Waals surface area contributed by atoms with Crippen molar-refractivity contribution >= 4 is 28.5 Å². The highest BCUT2D eigenvalue weighted by Gasteiger charge is 2.21. The van der Waals surface area contributed by atoms with Crippen LogP contribution in [0.1, 0.15) is 23.0 Å². The molecule has 0 bridgehead atoms. The highest BCUT2D eigenvalue weighted by Crippen LogP contribution is 2.29. The summed E-state index contributed by atoms with van der Waals surface area (Å²) in [7, 11) is 1.85. The maximum absolute atomic E-state index is 12.6. The third-order valence-electron chi connectivity index (χ3n) is 4.17. The molecule has 2 N–H and O–H groups in total. The van der Waals surface area contributed by atoms with Crippen molar-refractivity contribution in [3.05, 3.63) is 64.9 Å². The van der Waals surface area contributed by atoms with Crippen molar-refractivity contribution in [1.82, 2.24) is 10.6 Å². The summed E-state index contributed by atoms with van der Waals surface area (Å²) in [4.78, 5) is 12.6. The van der Waals surface area contributed by atoms with Gasteiger partial charge in [0, 0.05) is 23.5 Å². The number of furan rings is 1. The van der Waals surface area contributed by atoms with Crippen LogP contribution in [0, 0.1) is 0 Å². The molecule has 0 saturated carbocycles. The number of halogens is 1. The number of likely N-dealkylation sites (N-methyl/N-ethyl adjacent to an activating group) is 1. The number of carbonyl (C=O) groups is 1. The van der Waals surface area contributed by atoms with Gasteiger partial charge in [-0.15, -0.1) is 0 Å². The van der Waals surface area contributed by atoms with E-state index in [1.165, 1.54) is 0 Å². The van der Waals surface area contributed by atoms with Gasteiger partial charge in [0.1, 0.15) is 17.9 Å². The maximum atomic E-state index is 12.6. The number of benzene rings is 2. The molecule has 136 valence electrons. The van der Waals surface area contributed by atoms with Crippen LogP contribution in [-0.4, -0.2) is 25.5 Å². The van der Waals surface area contributed by atoms with Gasteiger partial charge in [-0.2, -0.15) is 0 Å². The van der Waals surface area contributed by atoms with Gasteiger partial charge in [0.25, 0.3) is 5.91 Å². The van der Waals surface area contributed by atoms with Crippen molar-refractivity contribution < 1.29 is 13.9 Å². The third-order valence-corrected chi connectivity index (χ3v) is 4.49. The molecular formula is C20H21ClN2O3. The van der Waals surface area contributed by atoms with Gasteiger partial charge in [0.05, 0.1) is 5.02 Å². The quantitative estimate of drug-likeness (QED) is 0.658. The van der Waals surface area contributed by atoms with Crippen LogP contribution in [-0.2, 0) is 6.61 Å². The molecule has 0 spiro atoms. The van der Waals surface area contributed by atoms with E-state index in [1.54, 1.807) is 12.1 Å². The standard InChI is InChI=1S/C20H21ClN2O3/c1-13(22-2)11-23-20(24)19-15(14-7-3-5-9-17(14)26-19)12-25-18-10-6-4-8-16(18)21/h3-10,13,22H,11-12H2,1-2H3,(H,23,24). The topological polar surface area (TPSA) is 63.5 Å². The van der Waals surface area contributed by atoms with Gasteiger partial charge in [0.2, 0.25) is 0 Å². The summed E-state index contributed by atoms with van der Waals surface area (Å²) in [5, 5.41) is 7.34. The van der Waals surface area contributed by atoms with Crippen LogP contribution < -0.4 is 15.4 Å². The summed E-state index contributed by atoms with van der Waals surface area (Å²) in [6.45, 7) is 2.67. The zero-order valence-corrected chi connectivity index (χ0v) is 15.5. The van der Waals surface area contributed by atoms with Gasteiger partial charge in [-0.25, -0.2) is 0 Å². The molecule has 0 aliphatic rings. The summed E-state index contributed by atoms with van der Waals surface area (Å²) >= 11 is 6.15. The van der Waals surface area contributed by atoms with Crippen LogP contribution in [0.2, 0.25) is 5.02 Å². The van der Waals surface area contributed by atoms with Crippen molar-refractivity contribution in [3.63, 3.8) is 0 Å². The Morgan fingerprint density at radius 3 is 2.69 bits per heavy atom. The molecule has 1 atom stereocenters. The molecular weight excluding hydrogens is 352 g/mol. The Morgan fingerprint density at radius 2 is 1.92 bits per heavy atom. The lowest BCUT2D eigenvalue weighted by Crippen LogP contribution is -2.37. The lowest BCUT2D eigenvalue weighted by atomic mass is 10.1. The molecule has 1 unspecified atom stereocenters. The second kappa shape index (κ2) is 8.25. The van der Waals surface area contributed by atoms with Crippen molar-refractivity contribution in [2.45, 2.75) is 19.6 Å². The van der Waals surface area contributed by atoms with E-state index in [2.05, 4.69) is 10.6 Å². The van der Waals surface area contributed by atoms with Crippen molar-refractivity contribution in [2.24, 2.45) is 0 Å². The molecule has 0 fully saturated rings. The van der Waals surface area contributed by atoms with Crippen molar-refractivity contribution in [1.29, 1.82) is 0 Å². The smallest absolute Gasteiger partial charge is 0.287 e. The molecule has 3 rings (SSSR count). The number of hydrogen-bond acceptors (Lipinski definition) is 4. The average Bonchev–Trinajstić information content (AvgIpc) is 3.04. The predicted octanol–water partition coefficient (Wildman–Crippen LogP) is 4.00. The molecule has 0 aliphatic carbocycles. The first-order valence-corrected chi connectivity index (χ1v) is 8.81. The Labute approximate surface area is 157 Å². The van der Waals surface area contributed by atoms with Gasteiger partial charge in [-0.3, -0.25) is 4.79 Å². The number of amides is 1. The molecule has 1 heterocycles. The first kappa shape index (κ1) is 18.3. The molecule has 3 aromatic rings. The van der Waals surface area contributed by atoms with E-state index in [0.29, 0.717) is 28.5 Å². The number of fused-ring (bicyclic) bond motifs is 1. The number of rotatable bonds is 7. The number of hydrogen-bond donors (Lipinski definition) is 2. The summed E-state index contributed by atoms with van der Waals surface area (Å²) in [6.07, 6.45) is 0. The van der Waals surface area contributed by atoms with Gasteiger partial charge in [-0.05, 0) is 32.2 Å². The highest BCUT2D eigenvalue weighted by molar-refractivity contribution is 6.32. The molecule has 26 heavy (non-hydrogen) atoms. The summed E-state index contributed by atoms with van der Waals surface area (Å²) in [6, 6.07) is 14.9. The number of carbonyl (C=O) groups excluding carboxylic acids is 1. The Kier molecular flexibility index (Phi) is 5.81. The van der Waals surface area contributed by atoms with Crippen LogP contribution in [0.4, 0.5) is 0 Å². The molecule has 0 saturated heterocycles. The molecule has 1 aromatic heterocycles. The molecule has 0 aliphatic heterocycles. The van der Waals surface area contributed by atoms with Crippen LogP contribution in [0.3, 0.4) is 0 Å². The third kappa shape index (κ3) is 4.00. The van der Waals surface area contributed by atoms with E-state index in [9.17, 15) is 4.79 Å². The van der Waals surface area contributed by atoms with Crippen LogP contribution in [0.5, 0.6) is 5.75 Å². The zero-order valence-electron chi connectivity index (χ0n) is 14.7. The van der Waals surface area contributed by atoms with E-state index >= 15 is 0 Å². The van der Waals surface area contributed by atoms with E-state index in [1.807, 2.05) is 50.4 Å². The van der Waals surface area contributed by atoms with Gasteiger partial charge in [-0.1, -0.05) is 41.9 Å². The van der Waals surface area contributed by atoms with Crippen LogP contribution in [0.25, 0.3) is 11.0 Å². The van der Waals surface area contributed by atoms with Crippen molar-refractivity contribution in [2.75, 3.05) is 13.6 Å². The Morgan fingerprint density at radius 1 is 1.19 bits per heavy atom. The average molecular weight is 373 g/mol. The molecule has 5 nitrogen and oxygen atoms in total. The Hall–Kier alpha value is -2.50. The van der Waals surface area contributed by atoms with E-state index in [0.717, 1.165) is 5.39 Å². The molecule has 0 radical (unpaired) electrons. The Bertz CT molecular complexity index is 907. The number of para-hydroxylation sites is 2.